The van der Waals surface area contributed by atoms with Crippen LogP contribution in [0.5, 0.6) is 0 Å². The van der Waals surface area contributed by atoms with E-state index in [0.29, 0.717) is 13.0 Å². The predicted octanol–water partition coefficient (Wildman–Crippen LogP) is 2.05. The fourth-order valence-electron chi connectivity index (χ4n) is 2.32. The van der Waals surface area contributed by atoms with Crippen LogP contribution in [0.1, 0.15) is 17.0 Å². The lowest BCUT2D eigenvalue weighted by molar-refractivity contribution is -0.159. The summed E-state index contributed by atoms with van der Waals surface area (Å²) in [6.07, 6.45) is -3.90. The van der Waals surface area contributed by atoms with E-state index >= 15 is 0 Å². The summed E-state index contributed by atoms with van der Waals surface area (Å²) in [7, 11) is 1.76. The van der Waals surface area contributed by atoms with Gasteiger partial charge in [0.05, 0.1) is 17.2 Å². The topological polar surface area (TPSA) is 36.4 Å². The molecule has 0 spiro atoms. The number of hydrogen-bond acceptors (Lipinski definition) is 4. The van der Waals surface area contributed by atoms with Crippen LogP contribution < -0.4 is 0 Å². The average molecular weight is 307 g/mol. The minimum absolute atomic E-state index is 0.162. The molecule has 1 aromatic rings. The fourth-order valence-corrected chi connectivity index (χ4v) is 3.16. The van der Waals surface area contributed by atoms with Gasteiger partial charge in [-0.15, -0.1) is 11.3 Å². The molecule has 8 heteroatoms. The predicted molar refractivity (Wildman–Crippen MR) is 69.4 cm³/mol. The van der Waals surface area contributed by atoms with Crippen molar-refractivity contribution < 1.29 is 18.0 Å². The van der Waals surface area contributed by atoms with Crippen LogP contribution in [0.3, 0.4) is 0 Å². The van der Waals surface area contributed by atoms with Gasteiger partial charge in [0.15, 0.2) is 0 Å². The van der Waals surface area contributed by atoms with Crippen molar-refractivity contribution in [3.05, 3.63) is 16.1 Å². The molecule has 20 heavy (non-hydrogen) atoms. The van der Waals surface area contributed by atoms with Crippen molar-refractivity contribution in [2.45, 2.75) is 32.1 Å². The quantitative estimate of drug-likeness (QED) is 0.854. The lowest BCUT2D eigenvalue weighted by Gasteiger charge is -2.23. The maximum absolute atomic E-state index is 12.4. The summed E-state index contributed by atoms with van der Waals surface area (Å²) < 4.78 is 37.1. The molecule has 0 radical (unpaired) electrons. The smallest absolute Gasteiger partial charge is 0.332 e. The molecule has 0 unspecified atom stereocenters. The van der Waals surface area contributed by atoms with E-state index in [9.17, 15) is 18.0 Å². The van der Waals surface area contributed by atoms with Crippen LogP contribution in [0.4, 0.5) is 13.2 Å². The lowest BCUT2D eigenvalue weighted by Crippen LogP contribution is -2.42. The molecule has 1 atom stereocenters. The maximum Gasteiger partial charge on any atom is 0.406 e. The lowest BCUT2D eigenvalue weighted by atomic mass is 10.2. The van der Waals surface area contributed by atoms with E-state index in [0.717, 1.165) is 15.5 Å². The largest absolute Gasteiger partial charge is 0.406 e. The number of nitrogens with zero attached hydrogens (tertiary/aromatic N) is 3. The first kappa shape index (κ1) is 15.2. The van der Waals surface area contributed by atoms with Gasteiger partial charge in [0, 0.05) is 18.0 Å². The van der Waals surface area contributed by atoms with Gasteiger partial charge >= 0.3 is 6.18 Å². The number of aromatic nitrogens is 1. The Bertz CT molecular complexity index is 489. The van der Waals surface area contributed by atoms with Crippen molar-refractivity contribution in [2.24, 2.45) is 0 Å². The summed E-state index contributed by atoms with van der Waals surface area (Å²) in [5.41, 5.74) is 2.63. The summed E-state index contributed by atoms with van der Waals surface area (Å²) in [5.74, 6) is -0.438. The number of likely N-dealkylation sites (tertiary alicyclic amines) is 1. The van der Waals surface area contributed by atoms with E-state index in [-0.39, 0.29) is 6.54 Å². The minimum atomic E-state index is -4.34. The van der Waals surface area contributed by atoms with Gasteiger partial charge in [0.2, 0.25) is 5.91 Å². The van der Waals surface area contributed by atoms with Gasteiger partial charge in [-0.05, 0) is 20.4 Å². The highest BCUT2D eigenvalue weighted by Crippen LogP contribution is 2.24. The summed E-state index contributed by atoms with van der Waals surface area (Å²) in [6, 6.07) is -0.473. The number of amides is 1. The molecule has 0 N–H and O–H groups in total. The Balaban J connectivity index is 1.97. The number of carbonyl (C=O) groups excluding carboxylic acids is 1. The Labute approximate surface area is 119 Å². The first-order valence-corrected chi connectivity index (χ1v) is 7.10. The number of aryl methyl sites for hydroxylation is 1. The van der Waals surface area contributed by atoms with Crippen LogP contribution in [0.25, 0.3) is 0 Å². The van der Waals surface area contributed by atoms with E-state index in [2.05, 4.69) is 4.98 Å². The molecule has 4 nitrogen and oxygen atoms in total. The van der Waals surface area contributed by atoms with Gasteiger partial charge < -0.3 is 4.90 Å². The normalized spacial score (nSPS) is 20.2. The zero-order valence-electron chi connectivity index (χ0n) is 11.3. The van der Waals surface area contributed by atoms with Gasteiger partial charge in [0.25, 0.3) is 0 Å². The van der Waals surface area contributed by atoms with Crippen molar-refractivity contribution in [1.82, 2.24) is 14.8 Å². The number of thiazole rings is 1. The third-order valence-corrected chi connectivity index (χ3v) is 4.33. The van der Waals surface area contributed by atoms with Crippen LogP contribution >= 0.6 is 11.3 Å². The number of carbonyl (C=O) groups is 1. The average Bonchev–Trinajstić information content (AvgIpc) is 2.86. The maximum atomic E-state index is 12.4. The molecule has 112 valence electrons. The molecule has 1 aliphatic rings. The molecule has 0 saturated carbocycles. The molecule has 0 aromatic carbocycles. The van der Waals surface area contributed by atoms with Crippen LogP contribution in [-0.4, -0.2) is 53.0 Å². The molecule has 1 aromatic heterocycles. The van der Waals surface area contributed by atoms with Crippen molar-refractivity contribution in [1.29, 1.82) is 0 Å². The molecule has 1 saturated heterocycles. The second kappa shape index (κ2) is 5.69. The van der Waals surface area contributed by atoms with Gasteiger partial charge in [-0.1, -0.05) is 0 Å². The third kappa shape index (κ3) is 3.49. The van der Waals surface area contributed by atoms with Crippen molar-refractivity contribution in [3.63, 3.8) is 0 Å². The third-order valence-electron chi connectivity index (χ3n) is 3.41. The Kier molecular flexibility index (Phi) is 4.33. The summed E-state index contributed by atoms with van der Waals surface area (Å²) >= 11 is 1.49. The standard InChI is InChI=1S/C12H16F3N3OS/c1-8-10(20-7-16-8)5-17(2)9-3-4-18(11(9)19)6-12(13,14)15/h7,9H,3-6H2,1-2H3/t9-/m1/s1. The second-order valence-electron chi connectivity index (χ2n) is 4.96. The highest BCUT2D eigenvalue weighted by molar-refractivity contribution is 7.09. The van der Waals surface area contributed by atoms with E-state index in [1.807, 2.05) is 6.92 Å². The number of likely N-dealkylation sites (N-methyl/N-ethyl adjacent to an activating group) is 1. The van der Waals surface area contributed by atoms with Crippen LogP contribution in [0.15, 0.2) is 5.51 Å². The SMILES string of the molecule is Cc1ncsc1CN(C)[C@@H]1CCN(CC(F)(F)F)C1=O. The Morgan fingerprint density at radius 3 is 2.80 bits per heavy atom. The fraction of sp³-hybridized carbons (Fsp3) is 0.667. The molecule has 1 aliphatic heterocycles. The molecular formula is C12H16F3N3OS. The monoisotopic (exact) mass is 307 g/mol. The molecule has 2 rings (SSSR count). The van der Waals surface area contributed by atoms with Crippen LogP contribution in [-0.2, 0) is 11.3 Å². The second-order valence-corrected chi connectivity index (χ2v) is 5.89. The number of rotatable bonds is 4. The molecule has 1 fully saturated rings. The number of hydrogen-bond donors (Lipinski definition) is 0. The van der Waals surface area contributed by atoms with E-state index in [1.54, 1.807) is 17.5 Å². The number of alkyl halides is 3. The highest BCUT2D eigenvalue weighted by Gasteiger charge is 2.40. The van der Waals surface area contributed by atoms with Crippen LogP contribution in [0, 0.1) is 6.92 Å². The van der Waals surface area contributed by atoms with Crippen molar-refractivity contribution in [3.8, 4) is 0 Å². The van der Waals surface area contributed by atoms with Crippen LogP contribution in [0.2, 0.25) is 0 Å². The summed E-state index contributed by atoms with van der Waals surface area (Å²) in [4.78, 5) is 19.9. The molecule has 1 amide bonds. The van der Waals surface area contributed by atoms with Gasteiger partial charge in [0.1, 0.15) is 6.54 Å². The number of halogens is 3. The summed E-state index contributed by atoms with van der Waals surface area (Å²) in [6.45, 7) is 1.42. The molecule has 2 heterocycles. The zero-order valence-corrected chi connectivity index (χ0v) is 12.1. The minimum Gasteiger partial charge on any atom is -0.332 e. The van der Waals surface area contributed by atoms with E-state index in [4.69, 9.17) is 0 Å². The molecule has 0 bridgehead atoms. The Morgan fingerprint density at radius 2 is 2.25 bits per heavy atom. The highest BCUT2D eigenvalue weighted by atomic mass is 32.1. The molecular weight excluding hydrogens is 291 g/mol. The van der Waals surface area contributed by atoms with E-state index in [1.165, 1.54) is 11.3 Å². The zero-order chi connectivity index (χ0) is 14.9. The van der Waals surface area contributed by atoms with Crippen molar-refractivity contribution in [2.75, 3.05) is 20.1 Å². The first-order valence-electron chi connectivity index (χ1n) is 6.22. The Hall–Kier alpha value is -1.15. The van der Waals surface area contributed by atoms with Crippen molar-refractivity contribution >= 4 is 17.2 Å². The van der Waals surface area contributed by atoms with Gasteiger partial charge in [-0.3, -0.25) is 9.69 Å². The Morgan fingerprint density at radius 1 is 1.55 bits per heavy atom. The molecule has 0 aliphatic carbocycles. The first-order chi connectivity index (χ1) is 9.28. The summed E-state index contributed by atoms with van der Waals surface area (Å²) in [5, 5.41) is 0. The van der Waals surface area contributed by atoms with E-state index < -0.39 is 24.7 Å². The van der Waals surface area contributed by atoms with Gasteiger partial charge in [-0.2, -0.15) is 13.2 Å². The van der Waals surface area contributed by atoms with Gasteiger partial charge in [-0.25, -0.2) is 4.98 Å².